The molecule has 4 heteroatoms. The molecule has 66 valence electrons. The summed E-state index contributed by atoms with van der Waals surface area (Å²) < 4.78 is 0. The van der Waals surface area contributed by atoms with E-state index in [2.05, 4.69) is 10.1 Å². The molecule has 3 nitrogen and oxygen atoms in total. The summed E-state index contributed by atoms with van der Waals surface area (Å²) in [6, 6.07) is 5.77. The molecule has 1 aromatic heterocycles. The molecule has 0 fully saturated rings. The quantitative estimate of drug-likeness (QED) is 0.668. The second kappa shape index (κ2) is 4.09. The minimum atomic E-state index is 0.882. The smallest absolute Gasteiger partial charge is 0.0904 e. The number of hydrazone groups is 1. The van der Waals surface area contributed by atoms with Gasteiger partial charge in [0.15, 0.2) is 0 Å². The maximum absolute atomic E-state index is 4.23. The Hall–Kier alpha value is -1.29. The van der Waals surface area contributed by atoms with Crippen LogP contribution in [0.15, 0.2) is 41.1 Å². The lowest BCUT2D eigenvalue weighted by Crippen LogP contribution is -2.04. The van der Waals surface area contributed by atoms with E-state index < -0.39 is 0 Å². The standard InChI is InChI=1S/C9H9N3S/c1-2-4-10-9(3-1)7-11-12-5-6-13-8-12/h1-7H,8H2. The van der Waals surface area contributed by atoms with Crippen molar-refractivity contribution in [1.82, 2.24) is 9.99 Å². The van der Waals surface area contributed by atoms with Crippen molar-refractivity contribution in [3.63, 3.8) is 0 Å². The van der Waals surface area contributed by atoms with Gasteiger partial charge >= 0.3 is 0 Å². The summed E-state index contributed by atoms with van der Waals surface area (Å²) in [6.45, 7) is 0. The highest BCUT2D eigenvalue weighted by Crippen LogP contribution is 2.14. The van der Waals surface area contributed by atoms with Gasteiger partial charge in [0, 0.05) is 12.4 Å². The fourth-order valence-electron chi connectivity index (χ4n) is 0.933. The summed E-state index contributed by atoms with van der Waals surface area (Å²) in [4.78, 5) is 4.13. The van der Waals surface area contributed by atoms with E-state index in [9.17, 15) is 0 Å². The molecule has 1 aliphatic heterocycles. The molecule has 0 atom stereocenters. The number of rotatable bonds is 2. The average Bonchev–Trinajstić information content (AvgIpc) is 2.69. The molecule has 0 saturated carbocycles. The van der Waals surface area contributed by atoms with E-state index in [1.165, 1.54) is 0 Å². The van der Waals surface area contributed by atoms with Crippen molar-refractivity contribution in [3.8, 4) is 0 Å². The van der Waals surface area contributed by atoms with Crippen LogP contribution >= 0.6 is 11.8 Å². The molecule has 0 unspecified atom stereocenters. The second-order valence-corrected chi connectivity index (χ2v) is 3.38. The van der Waals surface area contributed by atoms with Crippen LogP contribution in [-0.4, -0.2) is 22.1 Å². The lowest BCUT2D eigenvalue weighted by atomic mass is 10.4. The molecule has 13 heavy (non-hydrogen) atoms. The number of pyridine rings is 1. The van der Waals surface area contributed by atoms with E-state index in [1.54, 1.807) is 24.2 Å². The van der Waals surface area contributed by atoms with Crippen LogP contribution in [0.1, 0.15) is 5.69 Å². The predicted octanol–water partition coefficient (Wildman–Crippen LogP) is 1.89. The van der Waals surface area contributed by atoms with Crippen molar-refractivity contribution < 1.29 is 0 Å². The molecular weight excluding hydrogens is 182 g/mol. The summed E-state index contributed by atoms with van der Waals surface area (Å²) >= 11 is 1.73. The molecule has 0 bridgehead atoms. The van der Waals surface area contributed by atoms with E-state index >= 15 is 0 Å². The minimum Gasteiger partial charge on any atom is -0.262 e. The normalized spacial score (nSPS) is 15.8. The molecule has 1 aromatic rings. The lowest BCUT2D eigenvalue weighted by molar-refractivity contribution is 0.482. The molecule has 1 aliphatic rings. The van der Waals surface area contributed by atoms with Gasteiger partial charge in [-0.05, 0) is 17.5 Å². The number of aromatic nitrogens is 1. The van der Waals surface area contributed by atoms with E-state index in [0.29, 0.717) is 0 Å². The van der Waals surface area contributed by atoms with E-state index in [-0.39, 0.29) is 0 Å². The van der Waals surface area contributed by atoms with Crippen LogP contribution in [0.2, 0.25) is 0 Å². The molecule has 0 aromatic carbocycles. The van der Waals surface area contributed by atoms with Gasteiger partial charge in [-0.2, -0.15) is 5.10 Å². The van der Waals surface area contributed by atoms with Crippen LogP contribution in [0.4, 0.5) is 0 Å². The van der Waals surface area contributed by atoms with Gasteiger partial charge in [-0.1, -0.05) is 6.07 Å². The zero-order chi connectivity index (χ0) is 8.93. The Kier molecular flexibility index (Phi) is 2.62. The molecule has 0 spiro atoms. The largest absolute Gasteiger partial charge is 0.262 e. The SMILES string of the molecule is C1=CN(N=Cc2ccccn2)CS1. The van der Waals surface area contributed by atoms with Crippen LogP contribution in [0.3, 0.4) is 0 Å². The number of hydrogen-bond donors (Lipinski definition) is 0. The molecule has 0 N–H and O–H groups in total. The molecule has 0 amide bonds. The second-order valence-electron chi connectivity index (χ2n) is 2.52. The average molecular weight is 191 g/mol. The summed E-state index contributed by atoms with van der Waals surface area (Å²) in [6.07, 6.45) is 5.47. The molecule has 0 aliphatic carbocycles. The first kappa shape index (κ1) is 8.31. The number of nitrogens with zero attached hydrogens (tertiary/aromatic N) is 3. The molecule has 0 radical (unpaired) electrons. The minimum absolute atomic E-state index is 0.882. The van der Waals surface area contributed by atoms with Crippen LogP contribution in [0.25, 0.3) is 0 Å². The van der Waals surface area contributed by atoms with Crippen molar-refractivity contribution in [1.29, 1.82) is 0 Å². The Bertz CT molecular complexity index is 321. The highest BCUT2D eigenvalue weighted by molar-refractivity contribution is 8.02. The van der Waals surface area contributed by atoms with Crippen LogP contribution in [-0.2, 0) is 0 Å². The maximum atomic E-state index is 4.23. The topological polar surface area (TPSA) is 28.5 Å². The molecule has 0 saturated heterocycles. The summed E-state index contributed by atoms with van der Waals surface area (Å²) in [7, 11) is 0. The van der Waals surface area contributed by atoms with Gasteiger partial charge in [-0.3, -0.25) is 9.99 Å². The van der Waals surface area contributed by atoms with E-state index in [0.717, 1.165) is 11.6 Å². The summed E-state index contributed by atoms with van der Waals surface area (Å²) in [5.74, 6) is 0.892. The van der Waals surface area contributed by atoms with Gasteiger partial charge in [0.2, 0.25) is 0 Å². The first-order valence-corrected chi connectivity index (χ1v) is 5.00. The molecule has 2 heterocycles. The van der Waals surface area contributed by atoms with Crippen molar-refractivity contribution in [2.45, 2.75) is 0 Å². The van der Waals surface area contributed by atoms with Crippen LogP contribution in [0.5, 0.6) is 0 Å². The Labute approximate surface area is 81.2 Å². The highest BCUT2D eigenvalue weighted by Gasteiger charge is 2.00. The van der Waals surface area contributed by atoms with Crippen molar-refractivity contribution in [2.24, 2.45) is 5.10 Å². The van der Waals surface area contributed by atoms with Crippen molar-refractivity contribution in [2.75, 3.05) is 5.88 Å². The first-order chi connectivity index (χ1) is 6.45. The maximum Gasteiger partial charge on any atom is 0.0904 e. The third-order valence-corrected chi connectivity index (χ3v) is 2.29. The van der Waals surface area contributed by atoms with Crippen LogP contribution < -0.4 is 0 Å². The van der Waals surface area contributed by atoms with Gasteiger partial charge in [-0.15, -0.1) is 11.8 Å². The third kappa shape index (κ3) is 2.32. The Morgan fingerprint density at radius 2 is 2.54 bits per heavy atom. The Morgan fingerprint density at radius 1 is 1.54 bits per heavy atom. The Morgan fingerprint density at radius 3 is 3.23 bits per heavy atom. The van der Waals surface area contributed by atoms with E-state index in [4.69, 9.17) is 0 Å². The monoisotopic (exact) mass is 191 g/mol. The van der Waals surface area contributed by atoms with E-state index in [1.807, 2.05) is 34.8 Å². The van der Waals surface area contributed by atoms with Gasteiger partial charge in [0.25, 0.3) is 0 Å². The summed E-state index contributed by atoms with van der Waals surface area (Å²) in [5.41, 5.74) is 0.882. The van der Waals surface area contributed by atoms with Gasteiger partial charge in [0.05, 0.1) is 17.8 Å². The summed E-state index contributed by atoms with van der Waals surface area (Å²) in [5, 5.41) is 8.13. The van der Waals surface area contributed by atoms with Crippen molar-refractivity contribution in [3.05, 3.63) is 41.7 Å². The third-order valence-electron chi connectivity index (χ3n) is 1.56. The first-order valence-electron chi connectivity index (χ1n) is 3.95. The van der Waals surface area contributed by atoms with Crippen molar-refractivity contribution >= 4 is 18.0 Å². The van der Waals surface area contributed by atoms with Gasteiger partial charge in [-0.25, -0.2) is 0 Å². The van der Waals surface area contributed by atoms with Gasteiger partial charge < -0.3 is 0 Å². The number of thioether (sulfide) groups is 1. The fraction of sp³-hybridized carbons (Fsp3) is 0.111. The lowest BCUT2D eigenvalue weighted by Gasteiger charge is -2.04. The number of hydrogen-bond acceptors (Lipinski definition) is 4. The predicted molar refractivity (Wildman–Crippen MR) is 55.3 cm³/mol. The molecule has 2 rings (SSSR count). The highest BCUT2D eigenvalue weighted by atomic mass is 32.2. The Balaban J connectivity index is 2.01. The zero-order valence-electron chi connectivity index (χ0n) is 7.00. The fourth-order valence-corrected chi connectivity index (χ4v) is 1.55. The van der Waals surface area contributed by atoms with Gasteiger partial charge in [0.1, 0.15) is 0 Å². The van der Waals surface area contributed by atoms with Crippen LogP contribution in [0, 0.1) is 0 Å². The molecular formula is C9H9N3S. The zero-order valence-corrected chi connectivity index (χ0v) is 7.81.